The number of benzene rings is 2. The second-order valence-electron chi connectivity index (χ2n) is 7.62. The number of amides is 1. The molecule has 1 N–H and O–H groups in total. The van der Waals surface area contributed by atoms with Crippen LogP contribution in [-0.4, -0.2) is 33.9 Å². The fourth-order valence-corrected chi connectivity index (χ4v) is 3.90. The van der Waals surface area contributed by atoms with Gasteiger partial charge in [-0.3, -0.25) is 9.69 Å². The number of aryl methyl sites for hydroxylation is 1. The van der Waals surface area contributed by atoms with Crippen molar-refractivity contribution in [2.75, 3.05) is 18.4 Å². The Balaban J connectivity index is 1.43. The molecule has 0 bridgehead atoms. The first-order valence-corrected chi connectivity index (χ1v) is 10.3. The zero-order chi connectivity index (χ0) is 20.9. The highest BCUT2D eigenvalue weighted by atomic mass is 19.1. The Morgan fingerprint density at radius 1 is 1.17 bits per heavy atom. The summed E-state index contributed by atoms with van der Waals surface area (Å²) in [5.74, 6) is 0.139. The molecule has 1 fully saturated rings. The van der Waals surface area contributed by atoms with Crippen molar-refractivity contribution >= 4 is 11.6 Å². The molecule has 2 aromatic carbocycles. The van der Waals surface area contributed by atoms with Gasteiger partial charge in [0.1, 0.15) is 11.6 Å². The number of aromatic nitrogens is 2. The maximum Gasteiger partial charge on any atom is 0.259 e. The first-order valence-electron chi connectivity index (χ1n) is 10.3. The van der Waals surface area contributed by atoms with E-state index in [2.05, 4.69) is 44.5 Å². The number of nitrogens with zero attached hydrogens (tertiary/aromatic N) is 3. The largest absolute Gasteiger partial charge is 0.322 e. The summed E-state index contributed by atoms with van der Waals surface area (Å²) in [6.45, 7) is 3.82. The molecule has 1 atom stereocenters. The summed E-state index contributed by atoms with van der Waals surface area (Å²) in [5, 5.41) is 2.77. The van der Waals surface area contributed by atoms with Gasteiger partial charge in [0, 0.05) is 18.4 Å². The van der Waals surface area contributed by atoms with Gasteiger partial charge in [-0.15, -0.1) is 0 Å². The lowest BCUT2D eigenvalue weighted by molar-refractivity contribution is 0.102. The van der Waals surface area contributed by atoms with Crippen molar-refractivity contribution in [2.24, 2.45) is 0 Å². The summed E-state index contributed by atoms with van der Waals surface area (Å²) >= 11 is 0. The number of carbonyl (C=O) groups excluding carboxylic acids is 1. The van der Waals surface area contributed by atoms with E-state index in [0.29, 0.717) is 16.9 Å². The van der Waals surface area contributed by atoms with Crippen LogP contribution in [0.25, 0.3) is 0 Å². The molecule has 6 heteroatoms. The van der Waals surface area contributed by atoms with Crippen LogP contribution in [0.15, 0.2) is 60.8 Å². The average Bonchev–Trinajstić information content (AvgIpc) is 3.23. The zero-order valence-corrected chi connectivity index (χ0v) is 17.0. The molecule has 30 heavy (non-hydrogen) atoms. The van der Waals surface area contributed by atoms with Crippen LogP contribution < -0.4 is 5.32 Å². The third-order valence-electron chi connectivity index (χ3n) is 5.54. The highest BCUT2D eigenvalue weighted by Crippen LogP contribution is 2.30. The fraction of sp³-hybridized carbons (Fsp3) is 0.292. The Morgan fingerprint density at radius 3 is 2.67 bits per heavy atom. The standard InChI is InChI=1S/C24H25FN4O/c1-17-21(24(30)28-20-11-9-19(25)10-12-20)16-26-23(27-17)22-8-5-14-29(22)15-13-18-6-3-2-4-7-18/h2-4,6-7,9-12,16,22H,5,8,13-15H2,1H3,(H,28,30)/t22-/m1/s1. The summed E-state index contributed by atoms with van der Waals surface area (Å²) in [4.78, 5) is 24.2. The molecule has 1 aromatic heterocycles. The monoisotopic (exact) mass is 404 g/mol. The number of hydrogen-bond donors (Lipinski definition) is 1. The van der Waals surface area contributed by atoms with Crippen LogP contribution in [0.3, 0.4) is 0 Å². The molecule has 1 saturated heterocycles. The van der Waals surface area contributed by atoms with Crippen molar-refractivity contribution in [2.45, 2.75) is 32.2 Å². The smallest absolute Gasteiger partial charge is 0.259 e. The molecular formula is C24H25FN4O. The Hall–Kier alpha value is -3.12. The van der Waals surface area contributed by atoms with Crippen molar-refractivity contribution in [1.29, 1.82) is 0 Å². The number of rotatable bonds is 6. The molecule has 0 radical (unpaired) electrons. The van der Waals surface area contributed by atoms with Gasteiger partial charge in [-0.25, -0.2) is 14.4 Å². The van der Waals surface area contributed by atoms with Crippen LogP contribution in [0.5, 0.6) is 0 Å². The van der Waals surface area contributed by atoms with E-state index < -0.39 is 0 Å². The van der Waals surface area contributed by atoms with Gasteiger partial charge in [-0.2, -0.15) is 0 Å². The van der Waals surface area contributed by atoms with Gasteiger partial charge in [0.15, 0.2) is 0 Å². The predicted molar refractivity (Wildman–Crippen MR) is 115 cm³/mol. The first kappa shape index (κ1) is 20.2. The van der Waals surface area contributed by atoms with Crippen molar-refractivity contribution in [3.63, 3.8) is 0 Å². The van der Waals surface area contributed by atoms with Crippen LogP contribution >= 0.6 is 0 Å². The van der Waals surface area contributed by atoms with Gasteiger partial charge >= 0.3 is 0 Å². The normalized spacial score (nSPS) is 16.5. The number of halogens is 1. The lowest BCUT2D eigenvalue weighted by Crippen LogP contribution is -2.27. The summed E-state index contributed by atoms with van der Waals surface area (Å²) in [7, 11) is 0. The summed E-state index contributed by atoms with van der Waals surface area (Å²) in [5.41, 5.74) is 2.94. The topological polar surface area (TPSA) is 58.1 Å². The zero-order valence-electron chi connectivity index (χ0n) is 17.0. The van der Waals surface area contributed by atoms with E-state index in [-0.39, 0.29) is 17.8 Å². The molecule has 3 aromatic rings. The van der Waals surface area contributed by atoms with Gasteiger partial charge in [0.2, 0.25) is 0 Å². The lowest BCUT2D eigenvalue weighted by Gasteiger charge is -2.23. The molecule has 154 valence electrons. The molecule has 1 aliphatic rings. The molecule has 0 saturated carbocycles. The van der Waals surface area contributed by atoms with Crippen molar-refractivity contribution in [3.05, 3.63) is 89.3 Å². The SMILES string of the molecule is Cc1nc([C@H]2CCCN2CCc2ccccc2)ncc1C(=O)Nc1ccc(F)cc1. The van der Waals surface area contributed by atoms with Crippen molar-refractivity contribution < 1.29 is 9.18 Å². The van der Waals surface area contributed by atoms with E-state index in [1.54, 1.807) is 6.20 Å². The van der Waals surface area contributed by atoms with Crippen LogP contribution in [0.1, 0.15) is 46.3 Å². The minimum Gasteiger partial charge on any atom is -0.322 e. The molecule has 1 amide bonds. The van der Waals surface area contributed by atoms with Crippen LogP contribution in [0, 0.1) is 12.7 Å². The number of hydrogen-bond acceptors (Lipinski definition) is 4. The Bertz CT molecular complexity index is 1010. The van der Waals surface area contributed by atoms with Crippen molar-refractivity contribution in [3.8, 4) is 0 Å². The van der Waals surface area contributed by atoms with E-state index in [4.69, 9.17) is 0 Å². The van der Waals surface area contributed by atoms with Gasteiger partial charge in [-0.1, -0.05) is 30.3 Å². The average molecular weight is 404 g/mol. The summed E-state index contributed by atoms with van der Waals surface area (Å²) < 4.78 is 13.0. The van der Waals surface area contributed by atoms with Gasteiger partial charge in [0.05, 0.1) is 17.3 Å². The third kappa shape index (κ3) is 4.71. The molecular weight excluding hydrogens is 379 g/mol. The molecule has 1 aliphatic heterocycles. The molecule has 0 unspecified atom stereocenters. The molecule has 4 rings (SSSR count). The molecule has 0 aliphatic carbocycles. The van der Waals surface area contributed by atoms with E-state index in [0.717, 1.165) is 38.2 Å². The van der Waals surface area contributed by atoms with E-state index in [1.807, 2.05) is 13.0 Å². The fourth-order valence-electron chi connectivity index (χ4n) is 3.90. The summed E-state index contributed by atoms with van der Waals surface area (Å²) in [6, 6.07) is 16.3. The number of likely N-dealkylation sites (tertiary alicyclic amines) is 1. The minimum absolute atomic E-state index is 0.182. The lowest BCUT2D eigenvalue weighted by atomic mass is 10.1. The second kappa shape index (κ2) is 9.13. The number of nitrogens with one attached hydrogen (secondary N) is 1. The third-order valence-corrected chi connectivity index (χ3v) is 5.54. The first-order chi connectivity index (χ1) is 14.6. The van der Waals surface area contributed by atoms with Crippen LogP contribution in [0.2, 0.25) is 0 Å². The Labute approximate surface area is 176 Å². The number of carbonyl (C=O) groups is 1. The van der Waals surface area contributed by atoms with Crippen LogP contribution in [0.4, 0.5) is 10.1 Å². The second-order valence-corrected chi connectivity index (χ2v) is 7.62. The Kier molecular flexibility index (Phi) is 6.14. The predicted octanol–water partition coefficient (Wildman–Crippen LogP) is 4.56. The molecule has 2 heterocycles. The van der Waals surface area contributed by atoms with Crippen molar-refractivity contribution in [1.82, 2.24) is 14.9 Å². The number of anilines is 1. The highest BCUT2D eigenvalue weighted by Gasteiger charge is 2.28. The molecule has 0 spiro atoms. The quantitative estimate of drug-likeness (QED) is 0.655. The van der Waals surface area contributed by atoms with Crippen LogP contribution in [-0.2, 0) is 6.42 Å². The van der Waals surface area contributed by atoms with Gasteiger partial charge in [-0.05, 0) is 62.6 Å². The van der Waals surface area contributed by atoms with E-state index >= 15 is 0 Å². The highest BCUT2D eigenvalue weighted by molar-refractivity contribution is 6.04. The van der Waals surface area contributed by atoms with E-state index in [9.17, 15) is 9.18 Å². The molecule has 5 nitrogen and oxygen atoms in total. The maximum absolute atomic E-state index is 13.0. The minimum atomic E-state index is -0.342. The Morgan fingerprint density at radius 2 is 1.93 bits per heavy atom. The maximum atomic E-state index is 13.0. The van der Waals surface area contributed by atoms with Gasteiger partial charge < -0.3 is 5.32 Å². The van der Waals surface area contributed by atoms with E-state index in [1.165, 1.54) is 29.8 Å². The summed E-state index contributed by atoms with van der Waals surface area (Å²) in [6.07, 6.45) is 4.74. The van der Waals surface area contributed by atoms with Gasteiger partial charge in [0.25, 0.3) is 5.91 Å².